The minimum Gasteiger partial charge on any atom is -0.480 e. The number of carboxylic acids is 1. The molecule has 2 rings (SSSR count). The van der Waals surface area contributed by atoms with Crippen molar-refractivity contribution in [1.82, 2.24) is 25.5 Å². The van der Waals surface area contributed by atoms with E-state index in [1.807, 2.05) is 6.92 Å². The number of imidazole rings is 1. The molecule has 1 saturated heterocycles. The number of hydrogen-bond acceptors (Lipinski definition) is 7. The summed E-state index contributed by atoms with van der Waals surface area (Å²) in [6.07, 6.45) is 3.81. The Morgan fingerprint density at radius 3 is 2.53 bits per heavy atom. The van der Waals surface area contributed by atoms with E-state index in [1.54, 1.807) is 6.92 Å². The van der Waals surface area contributed by atoms with Gasteiger partial charge in [0.2, 0.25) is 23.6 Å². The number of rotatable bonds is 12. The lowest BCUT2D eigenvalue weighted by Gasteiger charge is -2.30. The topological polar surface area (TPSA) is 214 Å². The fraction of sp³-hybridized carbons (Fsp3) is 0.619. The SMILES string of the molecule is CCC(C)C(N)C(=O)NC(CC(N)=O)C(=O)N1CCCC1C(=O)NC(Cc1cnc[nH]1)C(=O)O. The maximum absolute atomic E-state index is 13.2. The highest BCUT2D eigenvalue weighted by molar-refractivity contribution is 5.96. The zero-order valence-corrected chi connectivity index (χ0v) is 19.3. The molecule has 13 nitrogen and oxygen atoms in total. The van der Waals surface area contributed by atoms with Crippen LogP contribution in [0.15, 0.2) is 12.5 Å². The van der Waals surface area contributed by atoms with E-state index < -0.39 is 60.2 Å². The van der Waals surface area contributed by atoms with Crippen LogP contribution in [0.4, 0.5) is 0 Å². The molecule has 2 heterocycles. The van der Waals surface area contributed by atoms with Gasteiger partial charge in [-0.15, -0.1) is 0 Å². The van der Waals surface area contributed by atoms with Crippen LogP contribution >= 0.6 is 0 Å². The van der Waals surface area contributed by atoms with Crippen molar-refractivity contribution in [2.75, 3.05) is 6.54 Å². The van der Waals surface area contributed by atoms with Gasteiger partial charge in [-0.2, -0.15) is 0 Å². The number of aromatic nitrogens is 2. The molecule has 5 atom stereocenters. The van der Waals surface area contributed by atoms with E-state index in [2.05, 4.69) is 20.6 Å². The van der Waals surface area contributed by atoms with Gasteiger partial charge in [0.1, 0.15) is 18.1 Å². The van der Waals surface area contributed by atoms with Crippen LogP contribution in [-0.2, 0) is 30.4 Å². The molecule has 1 aliphatic rings. The van der Waals surface area contributed by atoms with Gasteiger partial charge in [-0.05, 0) is 18.8 Å². The Morgan fingerprint density at radius 1 is 1.26 bits per heavy atom. The van der Waals surface area contributed by atoms with Gasteiger partial charge < -0.3 is 37.1 Å². The predicted octanol–water partition coefficient (Wildman–Crippen LogP) is -1.75. The first-order chi connectivity index (χ1) is 16.0. The summed E-state index contributed by atoms with van der Waals surface area (Å²) >= 11 is 0. The van der Waals surface area contributed by atoms with Crippen molar-refractivity contribution in [3.05, 3.63) is 18.2 Å². The molecule has 13 heteroatoms. The molecule has 0 aliphatic carbocycles. The van der Waals surface area contributed by atoms with Crippen LogP contribution < -0.4 is 22.1 Å². The quantitative estimate of drug-likeness (QED) is 0.202. The Hall–Kier alpha value is -3.48. The number of nitrogens with two attached hydrogens (primary N) is 2. The molecule has 0 spiro atoms. The van der Waals surface area contributed by atoms with Crippen molar-refractivity contribution >= 4 is 29.6 Å². The molecule has 5 unspecified atom stereocenters. The van der Waals surface area contributed by atoms with E-state index in [-0.39, 0.29) is 18.9 Å². The number of carboxylic acid groups (broad SMARTS) is 1. The van der Waals surface area contributed by atoms with E-state index in [9.17, 15) is 29.1 Å². The third kappa shape index (κ3) is 7.01. The van der Waals surface area contributed by atoms with E-state index in [0.717, 1.165) is 0 Å². The monoisotopic (exact) mass is 479 g/mol. The molecule has 1 aromatic rings. The maximum Gasteiger partial charge on any atom is 0.326 e. The van der Waals surface area contributed by atoms with E-state index in [4.69, 9.17) is 11.5 Å². The van der Waals surface area contributed by atoms with Gasteiger partial charge in [0, 0.05) is 24.9 Å². The third-order valence-corrected chi connectivity index (χ3v) is 6.01. The van der Waals surface area contributed by atoms with Gasteiger partial charge in [0.25, 0.3) is 0 Å². The maximum atomic E-state index is 13.2. The average molecular weight is 480 g/mol. The van der Waals surface area contributed by atoms with Gasteiger partial charge in [-0.25, -0.2) is 9.78 Å². The number of amides is 4. The number of aromatic amines is 1. The van der Waals surface area contributed by atoms with Crippen molar-refractivity contribution in [1.29, 1.82) is 0 Å². The summed E-state index contributed by atoms with van der Waals surface area (Å²) in [4.78, 5) is 69.7. The zero-order chi connectivity index (χ0) is 25.4. The molecule has 0 radical (unpaired) electrons. The molecular weight excluding hydrogens is 446 g/mol. The van der Waals surface area contributed by atoms with Crippen molar-refractivity contribution < 1.29 is 29.1 Å². The van der Waals surface area contributed by atoms with Gasteiger partial charge in [-0.1, -0.05) is 20.3 Å². The van der Waals surface area contributed by atoms with Crippen LogP contribution in [0.25, 0.3) is 0 Å². The van der Waals surface area contributed by atoms with Crippen LogP contribution in [0.2, 0.25) is 0 Å². The first-order valence-corrected chi connectivity index (χ1v) is 11.2. The second-order valence-electron chi connectivity index (χ2n) is 8.51. The lowest BCUT2D eigenvalue weighted by atomic mass is 9.98. The van der Waals surface area contributed by atoms with Gasteiger partial charge in [0.15, 0.2) is 0 Å². The van der Waals surface area contributed by atoms with Gasteiger partial charge in [0.05, 0.1) is 18.8 Å². The average Bonchev–Trinajstić information content (AvgIpc) is 3.48. The first-order valence-electron chi connectivity index (χ1n) is 11.2. The number of nitrogens with one attached hydrogen (secondary N) is 3. The number of aliphatic carboxylic acids is 1. The molecule has 1 aromatic heterocycles. The molecule has 0 bridgehead atoms. The van der Waals surface area contributed by atoms with Crippen molar-refractivity contribution in [2.45, 2.75) is 70.1 Å². The largest absolute Gasteiger partial charge is 0.480 e. The number of nitrogens with zero attached hydrogens (tertiary/aromatic N) is 2. The van der Waals surface area contributed by atoms with Crippen molar-refractivity contribution in [3.8, 4) is 0 Å². The highest BCUT2D eigenvalue weighted by Crippen LogP contribution is 2.20. The first kappa shape index (κ1) is 26.8. The zero-order valence-electron chi connectivity index (χ0n) is 19.3. The summed E-state index contributed by atoms with van der Waals surface area (Å²) in [6.45, 7) is 3.86. The number of likely N-dealkylation sites (tertiary alicyclic amines) is 1. The molecule has 1 aliphatic heterocycles. The molecule has 8 N–H and O–H groups in total. The van der Waals surface area contributed by atoms with Gasteiger partial charge in [-0.3, -0.25) is 19.2 Å². The standard InChI is InChI=1S/C21H33N7O6/c1-3-11(2)17(23)19(31)26-13(8-16(22)29)20(32)28-6-4-5-15(28)18(30)27-14(21(33)34)7-12-9-24-10-25-12/h9-11,13-15,17H,3-8,23H2,1-2H3,(H2,22,29)(H,24,25)(H,26,31)(H,27,30)(H,33,34). The molecular formula is C21H33N7O6. The summed E-state index contributed by atoms with van der Waals surface area (Å²) in [5, 5.41) is 14.5. The Labute approximate surface area is 197 Å². The smallest absolute Gasteiger partial charge is 0.326 e. The lowest BCUT2D eigenvalue weighted by Crippen LogP contribution is -2.58. The summed E-state index contributed by atoms with van der Waals surface area (Å²) in [6, 6.07) is -4.36. The Bertz CT molecular complexity index is 890. The van der Waals surface area contributed by atoms with Crippen molar-refractivity contribution in [2.24, 2.45) is 17.4 Å². The summed E-state index contributed by atoms with van der Waals surface area (Å²) in [5.41, 5.74) is 11.7. The number of carbonyl (C=O) groups excluding carboxylic acids is 4. The lowest BCUT2D eigenvalue weighted by molar-refractivity contribution is -0.145. The molecule has 0 aromatic carbocycles. The highest BCUT2D eigenvalue weighted by atomic mass is 16.4. The second-order valence-corrected chi connectivity index (χ2v) is 8.51. The van der Waals surface area contributed by atoms with Crippen LogP contribution in [0.1, 0.15) is 45.2 Å². The summed E-state index contributed by atoms with van der Waals surface area (Å²) in [7, 11) is 0. The second kappa shape index (κ2) is 12.1. The number of primary amides is 1. The van der Waals surface area contributed by atoms with Gasteiger partial charge >= 0.3 is 5.97 Å². The van der Waals surface area contributed by atoms with E-state index in [0.29, 0.717) is 25.0 Å². The highest BCUT2D eigenvalue weighted by Gasteiger charge is 2.39. The number of H-pyrrole nitrogens is 1. The molecule has 188 valence electrons. The number of carbonyl (C=O) groups is 5. The summed E-state index contributed by atoms with van der Waals surface area (Å²) in [5.74, 6) is -4.09. The fourth-order valence-corrected chi connectivity index (χ4v) is 3.77. The Morgan fingerprint density at radius 2 is 1.97 bits per heavy atom. The van der Waals surface area contributed by atoms with Crippen LogP contribution in [0.5, 0.6) is 0 Å². The molecule has 4 amide bonds. The number of hydrogen-bond donors (Lipinski definition) is 6. The predicted molar refractivity (Wildman–Crippen MR) is 120 cm³/mol. The normalized spacial score (nSPS) is 19.0. The van der Waals surface area contributed by atoms with Crippen LogP contribution in [-0.4, -0.2) is 80.3 Å². The van der Waals surface area contributed by atoms with Crippen LogP contribution in [0, 0.1) is 5.92 Å². The molecule has 34 heavy (non-hydrogen) atoms. The summed E-state index contributed by atoms with van der Waals surface area (Å²) < 4.78 is 0. The minimum atomic E-state index is -1.28. The fourth-order valence-electron chi connectivity index (χ4n) is 3.77. The van der Waals surface area contributed by atoms with E-state index in [1.165, 1.54) is 17.4 Å². The molecule has 0 saturated carbocycles. The Kier molecular flexibility index (Phi) is 9.54. The third-order valence-electron chi connectivity index (χ3n) is 6.01. The minimum absolute atomic E-state index is 0.0183. The molecule has 1 fully saturated rings. The van der Waals surface area contributed by atoms with Crippen LogP contribution in [0.3, 0.4) is 0 Å². The van der Waals surface area contributed by atoms with E-state index >= 15 is 0 Å². The van der Waals surface area contributed by atoms with Crippen molar-refractivity contribution in [3.63, 3.8) is 0 Å². The Balaban J connectivity index is 2.13.